The summed E-state index contributed by atoms with van der Waals surface area (Å²) in [4.78, 5) is 1.25. The van der Waals surface area contributed by atoms with Gasteiger partial charge in [0.15, 0.2) is 0 Å². The zero-order chi connectivity index (χ0) is 10.9. The molecule has 1 aromatic rings. The van der Waals surface area contributed by atoms with Crippen molar-refractivity contribution in [3.05, 3.63) is 23.8 Å². The maximum Gasteiger partial charge on any atom is 0.123 e. The summed E-state index contributed by atoms with van der Waals surface area (Å²) in [6.45, 7) is 0. The van der Waals surface area contributed by atoms with Gasteiger partial charge in [-0.2, -0.15) is 0 Å². The highest BCUT2D eigenvalue weighted by molar-refractivity contribution is 7.98. The number of rotatable bonds is 3. The lowest BCUT2D eigenvalue weighted by molar-refractivity contribution is 0.243. The Labute approximate surface area is 95.2 Å². The Morgan fingerprint density at radius 1 is 1.40 bits per heavy atom. The van der Waals surface area contributed by atoms with Crippen LogP contribution < -0.4 is 10.5 Å². The molecule has 1 aliphatic rings. The molecule has 0 atom stereocenters. The first-order valence-corrected chi connectivity index (χ1v) is 6.43. The molecule has 1 aromatic carbocycles. The maximum atomic E-state index is 6.33. The van der Waals surface area contributed by atoms with Crippen molar-refractivity contribution in [3.63, 3.8) is 0 Å². The van der Waals surface area contributed by atoms with Gasteiger partial charge < -0.3 is 10.5 Å². The van der Waals surface area contributed by atoms with Crippen molar-refractivity contribution in [2.24, 2.45) is 5.73 Å². The molecule has 0 spiro atoms. The lowest BCUT2D eigenvalue weighted by atomic mass is 9.72. The van der Waals surface area contributed by atoms with Gasteiger partial charge in [-0.1, -0.05) is 0 Å². The maximum absolute atomic E-state index is 6.33. The molecule has 15 heavy (non-hydrogen) atoms. The minimum atomic E-state index is -0.142. The molecule has 0 aliphatic heterocycles. The minimum absolute atomic E-state index is 0.142. The van der Waals surface area contributed by atoms with Gasteiger partial charge in [-0.05, 0) is 43.7 Å². The van der Waals surface area contributed by atoms with Gasteiger partial charge in [0.1, 0.15) is 5.75 Å². The standard InChI is InChI=1S/C12H17NOS/c1-14-11-5-4-9(15-2)8-10(11)12(13)6-3-7-12/h4-5,8H,3,6-7,13H2,1-2H3. The SMILES string of the molecule is COc1ccc(SC)cc1C1(N)CCC1. The lowest BCUT2D eigenvalue weighted by Crippen LogP contribution is -2.43. The van der Waals surface area contributed by atoms with Crippen LogP contribution in [-0.4, -0.2) is 13.4 Å². The summed E-state index contributed by atoms with van der Waals surface area (Å²) in [5, 5.41) is 0. The summed E-state index contributed by atoms with van der Waals surface area (Å²) in [7, 11) is 1.71. The van der Waals surface area contributed by atoms with Crippen LogP contribution in [-0.2, 0) is 5.54 Å². The molecule has 0 aromatic heterocycles. The Kier molecular flexibility index (Phi) is 2.94. The van der Waals surface area contributed by atoms with E-state index in [9.17, 15) is 0 Å². The second-order valence-electron chi connectivity index (χ2n) is 4.08. The first kappa shape index (κ1) is 10.8. The highest BCUT2D eigenvalue weighted by Crippen LogP contribution is 2.43. The van der Waals surface area contributed by atoms with Crippen LogP contribution in [0.1, 0.15) is 24.8 Å². The Balaban J connectivity index is 2.41. The topological polar surface area (TPSA) is 35.2 Å². The molecule has 0 heterocycles. The third-order valence-electron chi connectivity index (χ3n) is 3.19. The van der Waals surface area contributed by atoms with Gasteiger partial charge in [0.05, 0.1) is 7.11 Å². The number of nitrogens with two attached hydrogens (primary N) is 1. The van der Waals surface area contributed by atoms with E-state index < -0.39 is 0 Å². The van der Waals surface area contributed by atoms with Gasteiger partial charge in [-0.25, -0.2) is 0 Å². The van der Waals surface area contributed by atoms with Crippen LogP contribution in [0.4, 0.5) is 0 Å². The average molecular weight is 223 g/mol. The molecule has 0 saturated heterocycles. The number of thioether (sulfide) groups is 1. The fraction of sp³-hybridized carbons (Fsp3) is 0.500. The molecule has 2 rings (SSSR count). The number of benzene rings is 1. The second kappa shape index (κ2) is 4.06. The fourth-order valence-electron chi connectivity index (χ4n) is 2.03. The van der Waals surface area contributed by atoms with Gasteiger partial charge in [0.25, 0.3) is 0 Å². The Morgan fingerprint density at radius 2 is 2.13 bits per heavy atom. The van der Waals surface area contributed by atoms with Crippen LogP contribution in [0.3, 0.4) is 0 Å². The van der Waals surface area contributed by atoms with Crippen LogP contribution in [0.2, 0.25) is 0 Å². The van der Waals surface area contributed by atoms with Crippen molar-refractivity contribution in [1.29, 1.82) is 0 Å². The van der Waals surface area contributed by atoms with Crippen LogP contribution in [0.25, 0.3) is 0 Å². The smallest absolute Gasteiger partial charge is 0.123 e. The molecule has 0 unspecified atom stereocenters. The van der Waals surface area contributed by atoms with Crippen molar-refractivity contribution in [2.75, 3.05) is 13.4 Å². The molecule has 2 N–H and O–H groups in total. The Morgan fingerprint density at radius 3 is 2.60 bits per heavy atom. The zero-order valence-electron chi connectivity index (χ0n) is 9.25. The van der Waals surface area contributed by atoms with E-state index in [4.69, 9.17) is 10.5 Å². The molecular formula is C12H17NOS. The van der Waals surface area contributed by atoms with Gasteiger partial charge in [-0.3, -0.25) is 0 Å². The van der Waals surface area contributed by atoms with E-state index in [1.165, 1.54) is 16.9 Å². The molecular weight excluding hydrogens is 206 g/mol. The van der Waals surface area contributed by atoms with E-state index in [0.717, 1.165) is 18.6 Å². The van der Waals surface area contributed by atoms with Crippen LogP contribution >= 0.6 is 11.8 Å². The predicted octanol–water partition coefficient (Wildman–Crippen LogP) is 2.76. The highest BCUT2D eigenvalue weighted by Gasteiger charge is 2.36. The van der Waals surface area contributed by atoms with Crippen LogP contribution in [0, 0.1) is 0 Å². The summed E-state index contributed by atoms with van der Waals surface area (Å²) < 4.78 is 5.38. The first-order valence-electron chi connectivity index (χ1n) is 5.21. The van der Waals surface area contributed by atoms with Crippen molar-refractivity contribution in [3.8, 4) is 5.75 Å². The zero-order valence-corrected chi connectivity index (χ0v) is 10.1. The van der Waals surface area contributed by atoms with E-state index in [-0.39, 0.29) is 5.54 Å². The quantitative estimate of drug-likeness (QED) is 0.800. The van der Waals surface area contributed by atoms with E-state index in [2.05, 4.69) is 18.4 Å². The minimum Gasteiger partial charge on any atom is -0.496 e. The van der Waals surface area contributed by atoms with E-state index >= 15 is 0 Å². The third-order valence-corrected chi connectivity index (χ3v) is 3.91. The molecule has 1 fully saturated rings. The predicted molar refractivity (Wildman–Crippen MR) is 64.5 cm³/mol. The van der Waals surface area contributed by atoms with Crippen molar-refractivity contribution >= 4 is 11.8 Å². The first-order chi connectivity index (χ1) is 7.19. The molecule has 3 heteroatoms. The summed E-state index contributed by atoms with van der Waals surface area (Å²) in [6.07, 6.45) is 5.45. The average Bonchev–Trinajstić information content (AvgIpc) is 2.25. The van der Waals surface area contributed by atoms with Crippen molar-refractivity contribution in [2.45, 2.75) is 29.7 Å². The molecule has 2 nitrogen and oxygen atoms in total. The third kappa shape index (κ3) is 1.86. The molecule has 0 bridgehead atoms. The summed E-state index contributed by atoms with van der Waals surface area (Å²) in [6, 6.07) is 6.27. The number of hydrogen-bond acceptors (Lipinski definition) is 3. The van der Waals surface area contributed by atoms with Gasteiger partial charge >= 0.3 is 0 Å². The molecule has 0 radical (unpaired) electrons. The van der Waals surface area contributed by atoms with Gasteiger partial charge in [0.2, 0.25) is 0 Å². The van der Waals surface area contributed by atoms with Crippen LogP contribution in [0.15, 0.2) is 23.1 Å². The number of methoxy groups -OCH3 is 1. The Hall–Kier alpha value is -0.670. The molecule has 82 valence electrons. The fourth-order valence-corrected chi connectivity index (χ4v) is 2.47. The number of ether oxygens (including phenoxy) is 1. The largest absolute Gasteiger partial charge is 0.496 e. The van der Waals surface area contributed by atoms with E-state index in [1.807, 2.05) is 6.07 Å². The molecule has 1 aliphatic carbocycles. The van der Waals surface area contributed by atoms with E-state index in [0.29, 0.717) is 0 Å². The van der Waals surface area contributed by atoms with Crippen LogP contribution in [0.5, 0.6) is 5.75 Å². The molecule has 0 amide bonds. The normalized spacial score (nSPS) is 18.3. The van der Waals surface area contributed by atoms with Crippen molar-refractivity contribution < 1.29 is 4.74 Å². The monoisotopic (exact) mass is 223 g/mol. The van der Waals surface area contributed by atoms with Gasteiger partial charge in [-0.15, -0.1) is 11.8 Å². The van der Waals surface area contributed by atoms with Gasteiger partial charge in [0, 0.05) is 16.0 Å². The highest BCUT2D eigenvalue weighted by atomic mass is 32.2. The van der Waals surface area contributed by atoms with Crippen molar-refractivity contribution in [1.82, 2.24) is 0 Å². The summed E-state index contributed by atoms with van der Waals surface area (Å²) in [5.74, 6) is 0.926. The summed E-state index contributed by atoms with van der Waals surface area (Å²) in [5.41, 5.74) is 7.36. The Bertz CT molecular complexity index is 361. The lowest BCUT2D eigenvalue weighted by Gasteiger charge is -2.39. The molecule has 1 saturated carbocycles. The number of hydrogen-bond donors (Lipinski definition) is 1. The second-order valence-corrected chi connectivity index (χ2v) is 4.96. The summed E-state index contributed by atoms with van der Waals surface area (Å²) >= 11 is 1.74. The van der Waals surface area contributed by atoms with E-state index in [1.54, 1.807) is 18.9 Å².